The third kappa shape index (κ3) is 10.1. The number of rotatable bonds is 6. The van der Waals surface area contributed by atoms with E-state index < -0.39 is 9.84 Å². The fourth-order valence-corrected chi connectivity index (χ4v) is 1.57. The van der Waals surface area contributed by atoms with Crippen molar-refractivity contribution in [2.45, 2.75) is 18.7 Å². The number of nitrogens with zero attached hydrogens (tertiary/aromatic N) is 1. The summed E-state index contributed by atoms with van der Waals surface area (Å²) in [5.74, 6) is 0.222. The van der Waals surface area contributed by atoms with Crippen molar-refractivity contribution in [2.24, 2.45) is 0 Å². The van der Waals surface area contributed by atoms with Gasteiger partial charge in [0.1, 0.15) is 9.84 Å². The lowest BCUT2D eigenvalue weighted by molar-refractivity contribution is 0.347. The molecule has 1 unspecified atom stereocenters. The van der Waals surface area contributed by atoms with Gasteiger partial charge < -0.3 is 4.90 Å². The normalized spacial score (nSPS) is 14.8. The maximum atomic E-state index is 10.8. The van der Waals surface area contributed by atoms with E-state index in [1.54, 1.807) is 0 Å². The predicted molar refractivity (Wildman–Crippen MR) is 57.1 cm³/mol. The van der Waals surface area contributed by atoms with Gasteiger partial charge >= 0.3 is 0 Å². The lowest BCUT2D eigenvalue weighted by Gasteiger charge is -2.16. The molecule has 0 heterocycles. The molecule has 5 heteroatoms. The summed E-state index contributed by atoms with van der Waals surface area (Å²) in [6.45, 7) is 3.37. The summed E-state index contributed by atoms with van der Waals surface area (Å²) < 4.78 is 21.6. The summed E-state index contributed by atoms with van der Waals surface area (Å²) in [5.41, 5.74) is 0. The van der Waals surface area contributed by atoms with Crippen molar-refractivity contribution < 1.29 is 8.42 Å². The molecule has 80 valence electrons. The second-order valence-electron chi connectivity index (χ2n) is 3.50. The van der Waals surface area contributed by atoms with Gasteiger partial charge in [-0.3, -0.25) is 0 Å². The third-order valence-corrected chi connectivity index (χ3v) is 2.89. The highest BCUT2D eigenvalue weighted by atomic mass is 35.5. The SMILES string of the molecule is CC(Cl)CCN(C)CCS(C)(=O)=O. The minimum atomic E-state index is -2.83. The summed E-state index contributed by atoms with van der Waals surface area (Å²) in [6.07, 6.45) is 2.15. The zero-order valence-corrected chi connectivity index (χ0v) is 10.0. The molecule has 0 saturated heterocycles. The molecule has 0 aromatic heterocycles. The van der Waals surface area contributed by atoms with E-state index in [9.17, 15) is 8.42 Å². The van der Waals surface area contributed by atoms with Crippen LogP contribution in [0.25, 0.3) is 0 Å². The second kappa shape index (κ2) is 5.83. The van der Waals surface area contributed by atoms with Gasteiger partial charge in [0, 0.05) is 18.2 Å². The van der Waals surface area contributed by atoms with E-state index in [4.69, 9.17) is 11.6 Å². The second-order valence-corrected chi connectivity index (χ2v) is 6.51. The Morgan fingerprint density at radius 3 is 2.31 bits per heavy atom. The predicted octanol–water partition coefficient (Wildman–Crippen LogP) is 0.980. The fourth-order valence-electron chi connectivity index (χ4n) is 0.832. The van der Waals surface area contributed by atoms with Crippen LogP contribution in [0.4, 0.5) is 0 Å². The first-order chi connectivity index (χ1) is 5.81. The Bertz CT molecular complexity index is 226. The van der Waals surface area contributed by atoms with Crippen LogP contribution in [0.2, 0.25) is 0 Å². The molecule has 0 amide bonds. The van der Waals surface area contributed by atoms with E-state index in [1.807, 2.05) is 18.9 Å². The van der Waals surface area contributed by atoms with Gasteiger partial charge in [-0.2, -0.15) is 0 Å². The Labute approximate surface area is 86.0 Å². The molecule has 1 atom stereocenters. The highest BCUT2D eigenvalue weighted by Crippen LogP contribution is 2.00. The topological polar surface area (TPSA) is 37.4 Å². The maximum Gasteiger partial charge on any atom is 0.148 e. The highest BCUT2D eigenvalue weighted by molar-refractivity contribution is 7.90. The van der Waals surface area contributed by atoms with Crippen LogP contribution < -0.4 is 0 Å². The van der Waals surface area contributed by atoms with Crippen LogP contribution in [0.1, 0.15) is 13.3 Å². The van der Waals surface area contributed by atoms with Crippen molar-refractivity contribution in [3.8, 4) is 0 Å². The highest BCUT2D eigenvalue weighted by Gasteiger charge is 2.06. The van der Waals surface area contributed by atoms with Crippen molar-refractivity contribution in [1.29, 1.82) is 0 Å². The van der Waals surface area contributed by atoms with E-state index >= 15 is 0 Å². The van der Waals surface area contributed by atoms with Gasteiger partial charge in [-0.1, -0.05) is 0 Å². The molecule has 3 nitrogen and oxygen atoms in total. The molecule has 0 fully saturated rings. The van der Waals surface area contributed by atoms with Crippen molar-refractivity contribution in [2.75, 3.05) is 32.1 Å². The van der Waals surface area contributed by atoms with Gasteiger partial charge in [0.2, 0.25) is 0 Å². The molecule has 0 N–H and O–H groups in total. The number of hydrogen-bond acceptors (Lipinski definition) is 3. The molecule has 13 heavy (non-hydrogen) atoms. The summed E-state index contributed by atoms with van der Waals surface area (Å²) in [6, 6.07) is 0. The zero-order chi connectivity index (χ0) is 10.5. The fraction of sp³-hybridized carbons (Fsp3) is 1.00. The first-order valence-corrected chi connectivity index (χ1v) is 6.81. The Hall–Kier alpha value is 0.200. The Morgan fingerprint density at radius 2 is 1.92 bits per heavy atom. The molecule has 0 bridgehead atoms. The van der Waals surface area contributed by atoms with Crippen molar-refractivity contribution in [1.82, 2.24) is 4.90 Å². The van der Waals surface area contributed by atoms with E-state index in [2.05, 4.69) is 0 Å². The van der Waals surface area contributed by atoms with Crippen LogP contribution in [0, 0.1) is 0 Å². The molecular weight excluding hydrogens is 210 g/mol. The van der Waals surface area contributed by atoms with Gasteiger partial charge in [-0.05, 0) is 26.9 Å². The summed E-state index contributed by atoms with van der Waals surface area (Å²) >= 11 is 5.77. The quantitative estimate of drug-likeness (QED) is 0.635. The minimum absolute atomic E-state index is 0.153. The molecule has 0 aliphatic heterocycles. The third-order valence-electron chi connectivity index (χ3n) is 1.75. The number of halogens is 1. The molecule has 0 rings (SSSR count). The van der Waals surface area contributed by atoms with Crippen LogP contribution in [0.15, 0.2) is 0 Å². The molecule has 0 aromatic rings. The van der Waals surface area contributed by atoms with Crippen LogP contribution in [0.5, 0.6) is 0 Å². The van der Waals surface area contributed by atoms with Crippen LogP contribution in [0.3, 0.4) is 0 Å². The van der Waals surface area contributed by atoms with Crippen LogP contribution in [-0.4, -0.2) is 50.8 Å². The van der Waals surface area contributed by atoms with E-state index in [0.29, 0.717) is 6.54 Å². The van der Waals surface area contributed by atoms with Gasteiger partial charge in [-0.25, -0.2) is 8.42 Å². The average molecular weight is 228 g/mol. The molecule has 0 radical (unpaired) electrons. The van der Waals surface area contributed by atoms with Crippen molar-refractivity contribution in [3.05, 3.63) is 0 Å². The monoisotopic (exact) mass is 227 g/mol. The van der Waals surface area contributed by atoms with Crippen molar-refractivity contribution in [3.63, 3.8) is 0 Å². The Balaban J connectivity index is 3.58. The average Bonchev–Trinajstić information content (AvgIpc) is 1.95. The van der Waals surface area contributed by atoms with Gasteiger partial charge in [0.15, 0.2) is 0 Å². The van der Waals surface area contributed by atoms with Crippen molar-refractivity contribution >= 4 is 21.4 Å². The number of hydrogen-bond donors (Lipinski definition) is 0. The molecule has 0 aliphatic carbocycles. The summed E-state index contributed by atoms with van der Waals surface area (Å²) in [5, 5.41) is 0.153. The zero-order valence-electron chi connectivity index (χ0n) is 8.46. The molecule has 0 spiro atoms. The Morgan fingerprint density at radius 1 is 1.38 bits per heavy atom. The van der Waals surface area contributed by atoms with Crippen LogP contribution in [-0.2, 0) is 9.84 Å². The van der Waals surface area contributed by atoms with E-state index in [1.165, 1.54) is 6.26 Å². The first-order valence-electron chi connectivity index (χ1n) is 4.31. The minimum Gasteiger partial charge on any atom is -0.305 e. The van der Waals surface area contributed by atoms with Gasteiger partial charge in [0.05, 0.1) is 5.75 Å². The van der Waals surface area contributed by atoms with Crippen LogP contribution >= 0.6 is 11.6 Å². The maximum absolute atomic E-state index is 10.8. The number of alkyl halides is 1. The smallest absolute Gasteiger partial charge is 0.148 e. The molecular formula is C8H18ClNO2S. The first kappa shape index (κ1) is 13.2. The summed E-state index contributed by atoms with van der Waals surface area (Å²) in [4.78, 5) is 1.99. The molecule has 0 saturated carbocycles. The summed E-state index contributed by atoms with van der Waals surface area (Å²) in [7, 11) is -0.925. The molecule has 0 aliphatic rings. The van der Waals surface area contributed by atoms with E-state index in [0.717, 1.165) is 13.0 Å². The molecule has 0 aromatic carbocycles. The Kier molecular flexibility index (Phi) is 5.92. The standard InChI is InChI=1S/C8H18ClNO2S/c1-8(9)4-5-10(2)6-7-13(3,11)12/h8H,4-7H2,1-3H3. The van der Waals surface area contributed by atoms with Gasteiger partial charge in [0.25, 0.3) is 0 Å². The lowest BCUT2D eigenvalue weighted by Crippen LogP contribution is -2.27. The lowest BCUT2D eigenvalue weighted by atomic mass is 10.3. The largest absolute Gasteiger partial charge is 0.305 e. The number of sulfone groups is 1. The van der Waals surface area contributed by atoms with Gasteiger partial charge in [-0.15, -0.1) is 11.6 Å². The van der Waals surface area contributed by atoms with E-state index in [-0.39, 0.29) is 11.1 Å².